The highest BCUT2D eigenvalue weighted by molar-refractivity contribution is 5.91. The predicted octanol–water partition coefficient (Wildman–Crippen LogP) is 2.76. The molecule has 1 aromatic rings. The molecule has 0 radical (unpaired) electrons. The number of furan rings is 1. The molecular formula is C18H24N2O3. The molecule has 0 aromatic carbocycles. The molecule has 2 fully saturated rings. The molecule has 2 amide bonds. The standard InChI is InChI=1S/C18H24N2O3/c1-3-11-20-16(21)6-4-9-18(20)10-5-12-19(13-18)17(22)15-8-7-14(2)23-15/h3,7-8H,1,4-6,9-13H2,2H3. The Bertz CT molecular complexity index is 618. The van der Waals surface area contributed by atoms with Gasteiger partial charge in [-0.2, -0.15) is 0 Å². The van der Waals surface area contributed by atoms with Gasteiger partial charge in [0, 0.05) is 26.1 Å². The Morgan fingerprint density at radius 1 is 1.39 bits per heavy atom. The minimum Gasteiger partial charge on any atom is -0.456 e. The van der Waals surface area contributed by atoms with Crippen molar-refractivity contribution in [3.63, 3.8) is 0 Å². The van der Waals surface area contributed by atoms with Crippen molar-refractivity contribution < 1.29 is 14.0 Å². The largest absolute Gasteiger partial charge is 0.456 e. The van der Waals surface area contributed by atoms with Crippen molar-refractivity contribution in [3.05, 3.63) is 36.3 Å². The van der Waals surface area contributed by atoms with Gasteiger partial charge in [-0.05, 0) is 44.7 Å². The molecule has 1 spiro atoms. The van der Waals surface area contributed by atoms with Gasteiger partial charge in [0.25, 0.3) is 5.91 Å². The molecule has 1 atom stereocenters. The van der Waals surface area contributed by atoms with E-state index in [0.29, 0.717) is 25.3 Å². The number of aryl methyl sites for hydroxylation is 1. The molecule has 0 saturated carbocycles. The number of carbonyl (C=O) groups is 2. The molecule has 23 heavy (non-hydrogen) atoms. The molecule has 124 valence electrons. The zero-order valence-corrected chi connectivity index (χ0v) is 13.7. The van der Waals surface area contributed by atoms with Gasteiger partial charge in [0.05, 0.1) is 5.54 Å². The van der Waals surface area contributed by atoms with Crippen LogP contribution in [0.3, 0.4) is 0 Å². The van der Waals surface area contributed by atoms with Gasteiger partial charge in [-0.15, -0.1) is 6.58 Å². The van der Waals surface area contributed by atoms with Gasteiger partial charge in [-0.25, -0.2) is 0 Å². The summed E-state index contributed by atoms with van der Waals surface area (Å²) in [6, 6.07) is 3.54. The summed E-state index contributed by atoms with van der Waals surface area (Å²) in [5.41, 5.74) is -0.237. The second kappa shape index (κ2) is 6.22. The highest BCUT2D eigenvalue weighted by Crippen LogP contribution is 2.37. The smallest absolute Gasteiger partial charge is 0.289 e. The zero-order chi connectivity index (χ0) is 16.4. The molecule has 1 unspecified atom stereocenters. The van der Waals surface area contributed by atoms with E-state index in [-0.39, 0.29) is 17.4 Å². The lowest BCUT2D eigenvalue weighted by molar-refractivity contribution is -0.143. The van der Waals surface area contributed by atoms with Crippen LogP contribution in [0, 0.1) is 6.92 Å². The van der Waals surface area contributed by atoms with Crippen LogP contribution in [-0.2, 0) is 4.79 Å². The lowest BCUT2D eigenvalue weighted by atomic mass is 9.79. The van der Waals surface area contributed by atoms with Gasteiger partial charge < -0.3 is 14.2 Å². The summed E-state index contributed by atoms with van der Waals surface area (Å²) in [5.74, 6) is 1.23. The molecular weight excluding hydrogens is 292 g/mol. The van der Waals surface area contributed by atoms with Crippen molar-refractivity contribution in [2.45, 2.75) is 44.6 Å². The minimum atomic E-state index is -0.237. The summed E-state index contributed by atoms with van der Waals surface area (Å²) in [7, 11) is 0. The third kappa shape index (κ3) is 2.92. The summed E-state index contributed by atoms with van der Waals surface area (Å²) in [5, 5.41) is 0. The van der Waals surface area contributed by atoms with Crippen molar-refractivity contribution in [1.82, 2.24) is 9.80 Å². The molecule has 2 saturated heterocycles. The van der Waals surface area contributed by atoms with Gasteiger partial charge in [0.15, 0.2) is 5.76 Å². The van der Waals surface area contributed by atoms with Gasteiger partial charge in [0.2, 0.25) is 5.91 Å². The van der Waals surface area contributed by atoms with Crippen molar-refractivity contribution in [1.29, 1.82) is 0 Å². The van der Waals surface area contributed by atoms with Gasteiger partial charge in [0.1, 0.15) is 5.76 Å². The number of amides is 2. The molecule has 0 bridgehead atoms. The maximum Gasteiger partial charge on any atom is 0.289 e. The van der Waals surface area contributed by atoms with Crippen molar-refractivity contribution in [2.75, 3.05) is 19.6 Å². The Morgan fingerprint density at radius 3 is 2.87 bits per heavy atom. The first-order valence-electron chi connectivity index (χ1n) is 8.33. The summed E-state index contributed by atoms with van der Waals surface area (Å²) >= 11 is 0. The second-order valence-corrected chi connectivity index (χ2v) is 6.61. The fourth-order valence-electron chi connectivity index (χ4n) is 3.94. The lowest BCUT2D eigenvalue weighted by Crippen LogP contribution is -2.63. The van der Waals surface area contributed by atoms with Crippen molar-refractivity contribution in [2.24, 2.45) is 0 Å². The summed E-state index contributed by atoms with van der Waals surface area (Å²) < 4.78 is 5.48. The maximum absolute atomic E-state index is 12.7. The summed E-state index contributed by atoms with van der Waals surface area (Å²) in [4.78, 5) is 28.8. The van der Waals surface area contributed by atoms with Crippen molar-refractivity contribution >= 4 is 11.8 Å². The third-order valence-corrected chi connectivity index (χ3v) is 5.01. The first-order valence-corrected chi connectivity index (χ1v) is 8.33. The van der Waals surface area contributed by atoms with Crippen LogP contribution < -0.4 is 0 Å². The average molecular weight is 316 g/mol. The van der Waals surface area contributed by atoms with E-state index in [2.05, 4.69) is 6.58 Å². The fraction of sp³-hybridized carbons (Fsp3) is 0.556. The number of hydrogen-bond acceptors (Lipinski definition) is 3. The van der Waals surface area contributed by atoms with Crippen LogP contribution in [0.1, 0.15) is 48.4 Å². The van der Waals surface area contributed by atoms with E-state index < -0.39 is 0 Å². The van der Waals surface area contributed by atoms with Crippen LogP contribution >= 0.6 is 0 Å². The van der Waals surface area contributed by atoms with Gasteiger partial charge >= 0.3 is 0 Å². The Balaban J connectivity index is 1.82. The number of carbonyl (C=O) groups excluding carboxylic acids is 2. The van der Waals surface area contributed by atoms with Crippen LogP contribution in [0.25, 0.3) is 0 Å². The summed E-state index contributed by atoms with van der Waals surface area (Å²) in [6.07, 6.45) is 6.09. The van der Waals surface area contributed by atoms with E-state index in [1.807, 2.05) is 16.7 Å². The Hall–Kier alpha value is -2.04. The third-order valence-electron chi connectivity index (χ3n) is 5.01. The van der Waals surface area contributed by atoms with Crippen molar-refractivity contribution in [3.8, 4) is 0 Å². The zero-order valence-electron chi connectivity index (χ0n) is 13.7. The van der Waals surface area contributed by atoms with Gasteiger partial charge in [-0.3, -0.25) is 9.59 Å². The van der Waals surface area contributed by atoms with Crippen LogP contribution in [0.4, 0.5) is 0 Å². The van der Waals surface area contributed by atoms with Crippen LogP contribution in [0.2, 0.25) is 0 Å². The van der Waals surface area contributed by atoms with Crippen LogP contribution in [0.5, 0.6) is 0 Å². The lowest BCUT2D eigenvalue weighted by Gasteiger charge is -2.51. The monoisotopic (exact) mass is 316 g/mol. The SMILES string of the molecule is C=CCN1C(=O)CCCC12CCCN(C(=O)c1ccc(C)o1)C2. The number of piperidine rings is 2. The Morgan fingerprint density at radius 2 is 2.17 bits per heavy atom. The first kappa shape index (κ1) is 15.8. The summed E-state index contributed by atoms with van der Waals surface area (Å²) in [6.45, 7) is 7.48. The predicted molar refractivity (Wildman–Crippen MR) is 87.1 cm³/mol. The van der Waals surface area contributed by atoms with E-state index in [0.717, 1.165) is 38.0 Å². The Kier molecular flexibility index (Phi) is 4.28. The van der Waals surface area contributed by atoms with E-state index in [9.17, 15) is 9.59 Å². The molecule has 3 rings (SSSR count). The molecule has 5 heteroatoms. The molecule has 0 aliphatic carbocycles. The molecule has 0 N–H and O–H groups in total. The number of rotatable bonds is 3. The Labute approximate surface area is 136 Å². The van der Waals surface area contributed by atoms with E-state index in [1.54, 1.807) is 18.2 Å². The molecule has 1 aromatic heterocycles. The van der Waals surface area contributed by atoms with Crippen LogP contribution in [-0.4, -0.2) is 46.8 Å². The maximum atomic E-state index is 12.7. The molecule has 2 aliphatic heterocycles. The molecule has 2 aliphatic rings. The normalized spacial score (nSPS) is 25.0. The van der Waals surface area contributed by atoms with E-state index in [1.165, 1.54) is 0 Å². The number of hydrogen-bond donors (Lipinski definition) is 0. The number of likely N-dealkylation sites (tertiary alicyclic amines) is 2. The first-order chi connectivity index (χ1) is 11.1. The van der Waals surface area contributed by atoms with Crippen LogP contribution in [0.15, 0.2) is 29.2 Å². The second-order valence-electron chi connectivity index (χ2n) is 6.61. The number of nitrogens with zero attached hydrogens (tertiary/aromatic N) is 2. The fourth-order valence-corrected chi connectivity index (χ4v) is 3.94. The quantitative estimate of drug-likeness (QED) is 0.806. The minimum absolute atomic E-state index is 0.0752. The molecule has 5 nitrogen and oxygen atoms in total. The highest BCUT2D eigenvalue weighted by atomic mass is 16.3. The molecule has 3 heterocycles. The topological polar surface area (TPSA) is 53.8 Å². The average Bonchev–Trinajstić information content (AvgIpc) is 2.97. The highest BCUT2D eigenvalue weighted by Gasteiger charge is 2.45. The van der Waals surface area contributed by atoms with Gasteiger partial charge in [-0.1, -0.05) is 6.08 Å². The van der Waals surface area contributed by atoms with E-state index >= 15 is 0 Å². The van der Waals surface area contributed by atoms with E-state index in [4.69, 9.17) is 4.42 Å².